The smallest absolute Gasteiger partial charge is 0.103 e. The van der Waals surface area contributed by atoms with Crippen molar-refractivity contribution >= 4 is 70.8 Å². The van der Waals surface area contributed by atoms with Gasteiger partial charge in [-0.1, -0.05) is 96.7 Å². The van der Waals surface area contributed by atoms with Gasteiger partial charge in [0.1, 0.15) is 5.37 Å². The maximum absolute atomic E-state index is 3.78. The molecule has 0 radical (unpaired) electrons. The summed E-state index contributed by atoms with van der Waals surface area (Å²) >= 11 is 3.82. The lowest BCUT2D eigenvalue weighted by molar-refractivity contribution is 1.14. The van der Waals surface area contributed by atoms with Crippen molar-refractivity contribution in [2.45, 2.75) is 10.3 Å². The highest BCUT2D eigenvalue weighted by Gasteiger charge is 2.26. The molecule has 0 saturated carbocycles. The molecule has 1 aliphatic heterocycles. The number of nitrogens with zero attached hydrogens (tertiary/aromatic N) is 1. The third-order valence-electron chi connectivity index (χ3n) is 8.25. The molecule has 3 heterocycles. The fourth-order valence-electron chi connectivity index (χ4n) is 6.32. The summed E-state index contributed by atoms with van der Waals surface area (Å²) in [5, 5.41) is 9.30. The van der Waals surface area contributed by atoms with Gasteiger partial charge in [-0.2, -0.15) is 0 Å². The average molecular weight is 561 g/mol. The van der Waals surface area contributed by atoms with Gasteiger partial charge in [0, 0.05) is 47.2 Å². The Labute approximate surface area is 245 Å². The summed E-state index contributed by atoms with van der Waals surface area (Å²) in [6, 6.07) is 48.6. The second kappa shape index (κ2) is 9.00. The summed E-state index contributed by atoms with van der Waals surface area (Å²) in [6.45, 7) is 0. The van der Waals surface area contributed by atoms with Crippen LogP contribution in [0.1, 0.15) is 10.9 Å². The van der Waals surface area contributed by atoms with E-state index in [1.54, 1.807) is 0 Å². The van der Waals surface area contributed by atoms with Gasteiger partial charge in [0.25, 0.3) is 0 Å². The third-order valence-corrected chi connectivity index (χ3v) is 10.7. The van der Waals surface area contributed by atoms with Gasteiger partial charge in [-0.05, 0) is 65.2 Å². The Morgan fingerprint density at radius 3 is 2.17 bits per heavy atom. The monoisotopic (exact) mass is 560 g/mol. The summed E-state index contributed by atoms with van der Waals surface area (Å²) in [6.07, 6.45) is 0. The van der Waals surface area contributed by atoms with Gasteiger partial charge in [0.15, 0.2) is 0 Å². The van der Waals surface area contributed by atoms with E-state index in [1.807, 2.05) is 23.1 Å². The maximum Gasteiger partial charge on any atom is 0.103 e. The highest BCUT2D eigenvalue weighted by molar-refractivity contribution is 8.00. The first kappa shape index (κ1) is 23.2. The van der Waals surface area contributed by atoms with Crippen molar-refractivity contribution in [1.29, 1.82) is 0 Å². The van der Waals surface area contributed by atoms with Gasteiger partial charge in [0.2, 0.25) is 0 Å². The number of nitrogens with one attached hydrogen (secondary N) is 1. The first-order chi connectivity index (χ1) is 20.3. The number of hydrogen-bond acceptors (Lipinski definition) is 3. The predicted octanol–water partition coefficient (Wildman–Crippen LogP) is 11.0. The topological polar surface area (TPSA) is 17.0 Å². The van der Waals surface area contributed by atoms with Crippen molar-refractivity contribution in [1.82, 2.24) is 4.57 Å². The highest BCUT2D eigenvalue weighted by atomic mass is 32.2. The second-order valence-electron chi connectivity index (χ2n) is 10.6. The molecule has 1 aliphatic rings. The molecule has 0 saturated heterocycles. The summed E-state index contributed by atoms with van der Waals surface area (Å²) in [5.74, 6) is 0. The van der Waals surface area contributed by atoms with Crippen LogP contribution in [0.15, 0.2) is 138 Å². The fourth-order valence-corrected chi connectivity index (χ4v) is 8.80. The van der Waals surface area contributed by atoms with E-state index in [-0.39, 0.29) is 5.37 Å². The predicted molar refractivity (Wildman–Crippen MR) is 178 cm³/mol. The van der Waals surface area contributed by atoms with E-state index in [4.69, 9.17) is 0 Å². The van der Waals surface area contributed by atoms with Gasteiger partial charge >= 0.3 is 0 Å². The zero-order valence-electron chi connectivity index (χ0n) is 22.0. The van der Waals surface area contributed by atoms with E-state index in [2.05, 4.69) is 143 Å². The van der Waals surface area contributed by atoms with Gasteiger partial charge < -0.3 is 9.88 Å². The van der Waals surface area contributed by atoms with Crippen molar-refractivity contribution in [3.8, 4) is 16.8 Å². The standard InChI is InChI=1S/C37H24N2S2/c1-2-8-26(9-3-1)39-31-12-6-4-10-27(31)29-22-25(18-20-32(29)39)23-14-16-24(17-15-23)37-38-30-19-21-34-35(36(30)41-37)28-11-5-7-13-33(28)40-34/h1-22,37-38H. The summed E-state index contributed by atoms with van der Waals surface area (Å²) in [7, 11) is 0. The van der Waals surface area contributed by atoms with Crippen molar-refractivity contribution in [2.24, 2.45) is 0 Å². The molecule has 6 aromatic carbocycles. The van der Waals surface area contributed by atoms with Crippen molar-refractivity contribution in [2.75, 3.05) is 5.32 Å². The van der Waals surface area contributed by atoms with Crippen LogP contribution >= 0.6 is 23.1 Å². The van der Waals surface area contributed by atoms with E-state index in [0.29, 0.717) is 0 Å². The van der Waals surface area contributed by atoms with Crippen molar-refractivity contribution in [3.63, 3.8) is 0 Å². The Hall–Kier alpha value is -4.51. The minimum Gasteiger partial charge on any atom is -0.368 e. The van der Waals surface area contributed by atoms with Gasteiger partial charge in [-0.25, -0.2) is 0 Å². The maximum atomic E-state index is 3.78. The first-order valence-corrected chi connectivity index (χ1v) is 15.6. The zero-order valence-corrected chi connectivity index (χ0v) is 23.7. The largest absolute Gasteiger partial charge is 0.368 e. The molecule has 2 nitrogen and oxygen atoms in total. The molecule has 4 heteroatoms. The number of aromatic nitrogens is 1. The molecule has 0 spiro atoms. The quantitative estimate of drug-likeness (QED) is 0.231. The molecule has 41 heavy (non-hydrogen) atoms. The number of para-hydroxylation sites is 2. The lowest BCUT2D eigenvalue weighted by atomic mass is 10.0. The third kappa shape index (κ3) is 3.58. The molecule has 194 valence electrons. The van der Waals surface area contributed by atoms with Crippen LogP contribution in [0.4, 0.5) is 5.69 Å². The molecule has 1 N–H and O–H groups in total. The number of thioether (sulfide) groups is 1. The molecule has 0 aliphatic carbocycles. The molecule has 0 amide bonds. The minimum absolute atomic E-state index is 0.203. The molecule has 0 fully saturated rings. The first-order valence-electron chi connectivity index (χ1n) is 13.9. The Bertz CT molecular complexity index is 2260. The van der Waals surface area contributed by atoms with E-state index >= 15 is 0 Å². The van der Waals surface area contributed by atoms with Crippen LogP contribution in [0.3, 0.4) is 0 Å². The summed E-state index contributed by atoms with van der Waals surface area (Å²) in [5.41, 5.74) is 8.66. The Morgan fingerprint density at radius 1 is 0.561 bits per heavy atom. The average Bonchev–Trinajstić information content (AvgIpc) is 3.73. The number of thiophene rings is 1. The van der Waals surface area contributed by atoms with Crippen molar-refractivity contribution < 1.29 is 0 Å². The number of rotatable bonds is 3. The van der Waals surface area contributed by atoms with Crippen LogP contribution in [-0.4, -0.2) is 4.57 Å². The Kier molecular flexibility index (Phi) is 5.10. The molecule has 8 aromatic rings. The molecule has 2 aromatic heterocycles. The van der Waals surface area contributed by atoms with E-state index in [1.165, 1.54) is 74.9 Å². The molecule has 1 atom stereocenters. The van der Waals surface area contributed by atoms with Crippen molar-refractivity contribution in [3.05, 3.63) is 139 Å². The molecular weight excluding hydrogens is 537 g/mol. The number of anilines is 1. The van der Waals surface area contributed by atoms with Gasteiger partial charge in [0.05, 0.1) is 11.0 Å². The minimum atomic E-state index is 0.203. The molecule has 9 rings (SSSR count). The molecule has 0 bridgehead atoms. The SMILES string of the molecule is c1ccc(-n2c3ccccc3c3cc(-c4ccc(C5Nc6ccc7sc8ccccc8c7c6S5)cc4)ccc32)cc1. The highest BCUT2D eigenvalue weighted by Crippen LogP contribution is 2.52. The van der Waals surface area contributed by atoms with E-state index in [9.17, 15) is 0 Å². The number of hydrogen-bond donors (Lipinski definition) is 1. The molecular formula is C37H24N2S2. The summed E-state index contributed by atoms with van der Waals surface area (Å²) < 4.78 is 5.08. The lowest BCUT2D eigenvalue weighted by Crippen LogP contribution is -2.00. The summed E-state index contributed by atoms with van der Waals surface area (Å²) in [4.78, 5) is 1.37. The normalized spacial score (nSPS) is 14.7. The zero-order chi connectivity index (χ0) is 26.9. The van der Waals surface area contributed by atoms with Crippen LogP contribution in [0.5, 0.6) is 0 Å². The number of benzene rings is 6. The van der Waals surface area contributed by atoms with Crippen LogP contribution in [0.25, 0.3) is 58.8 Å². The second-order valence-corrected chi connectivity index (χ2v) is 12.8. The Morgan fingerprint density at radius 2 is 1.29 bits per heavy atom. The van der Waals surface area contributed by atoms with Crippen LogP contribution in [0.2, 0.25) is 0 Å². The lowest BCUT2D eigenvalue weighted by Gasteiger charge is -2.12. The van der Waals surface area contributed by atoms with Gasteiger partial charge in [-0.15, -0.1) is 11.3 Å². The Balaban J connectivity index is 1.08. The molecule has 1 unspecified atom stereocenters. The fraction of sp³-hybridized carbons (Fsp3) is 0.0270. The van der Waals surface area contributed by atoms with E-state index in [0.717, 1.165) is 0 Å². The van der Waals surface area contributed by atoms with E-state index < -0.39 is 0 Å². The van der Waals surface area contributed by atoms with Crippen LogP contribution in [-0.2, 0) is 0 Å². The number of fused-ring (bicyclic) bond motifs is 8. The van der Waals surface area contributed by atoms with Gasteiger partial charge in [-0.3, -0.25) is 0 Å². The van der Waals surface area contributed by atoms with Crippen LogP contribution < -0.4 is 5.32 Å². The van der Waals surface area contributed by atoms with Crippen LogP contribution in [0, 0.1) is 0 Å².